The number of carbonyl (C=O) groups is 2. The number of amides is 1. The summed E-state index contributed by atoms with van der Waals surface area (Å²) in [5.41, 5.74) is 1.36. The Morgan fingerprint density at radius 2 is 1.87 bits per heavy atom. The minimum Gasteiger partial charge on any atom is -0.481 e. The molecule has 0 aromatic heterocycles. The molecular weight excluding hydrogens is 390 g/mol. The number of carbonyl (C=O) groups excluding carboxylic acids is 1. The third kappa shape index (κ3) is 9.69. The molecule has 1 aromatic rings. The van der Waals surface area contributed by atoms with E-state index in [1.54, 1.807) is 0 Å². The Hall–Kier alpha value is -2.14. The largest absolute Gasteiger partial charge is 0.481 e. The summed E-state index contributed by atoms with van der Waals surface area (Å²) in [6, 6.07) is 10.6. The molecule has 0 radical (unpaired) electrons. The van der Waals surface area contributed by atoms with E-state index in [1.807, 2.05) is 23.1 Å². The summed E-state index contributed by atoms with van der Waals surface area (Å²) in [6.45, 7) is 2.80. The second-order valence-electron chi connectivity index (χ2n) is 8.84. The molecule has 1 heterocycles. The van der Waals surface area contributed by atoms with Crippen molar-refractivity contribution in [2.45, 2.75) is 89.7 Å². The van der Waals surface area contributed by atoms with Crippen LogP contribution < -0.4 is 0 Å². The van der Waals surface area contributed by atoms with Crippen LogP contribution in [0.15, 0.2) is 42.5 Å². The van der Waals surface area contributed by atoms with Gasteiger partial charge in [0.15, 0.2) is 0 Å². The molecule has 0 bridgehead atoms. The summed E-state index contributed by atoms with van der Waals surface area (Å²) in [5.74, 6) is -0.362. The molecule has 1 amide bonds. The van der Waals surface area contributed by atoms with E-state index in [2.05, 4.69) is 31.2 Å². The molecule has 5 heteroatoms. The van der Waals surface area contributed by atoms with Crippen LogP contribution >= 0.6 is 0 Å². The van der Waals surface area contributed by atoms with Gasteiger partial charge in [0.05, 0.1) is 12.1 Å². The van der Waals surface area contributed by atoms with Gasteiger partial charge in [0.2, 0.25) is 5.91 Å². The molecule has 1 fully saturated rings. The maximum Gasteiger partial charge on any atom is 0.303 e. The zero-order valence-corrected chi connectivity index (χ0v) is 18.9. The fraction of sp³-hybridized carbons (Fsp3) is 0.615. The molecule has 1 aliphatic heterocycles. The molecule has 1 saturated heterocycles. The van der Waals surface area contributed by atoms with Gasteiger partial charge in [-0.15, -0.1) is 0 Å². The Bertz CT molecular complexity index is 688. The summed E-state index contributed by atoms with van der Waals surface area (Å²) >= 11 is 0. The van der Waals surface area contributed by atoms with Crippen LogP contribution in [0.25, 0.3) is 0 Å². The van der Waals surface area contributed by atoms with Crippen molar-refractivity contribution in [2.75, 3.05) is 6.54 Å². The van der Waals surface area contributed by atoms with E-state index < -0.39 is 12.1 Å². The first-order valence-corrected chi connectivity index (χ1v) is 11.9. The maximum atomic E-state index is 12.2. The lowest BCUT2D eigenvalue weighted by atomic mass is 9.95. The van der Waals surface area contributed by atoms with Crippen LogP contribution in [0.3, 0.4) is 0 Å². The summed E-state index contributed by atoms with van der Waals surface area (Å²) in [7, 11) is 0. The number of likely N-dealkylation sites (tertiary alicyclic amines) is 1. The smallest absolute Gasteiger partial charge is 0.303 e. The second kappa shape index (κ2) is 14.0. The Labute approximate surface area is 187 Å². The fourth-order valence-corrected chi connectivity index (χ4v) is 4.20. The molecule has 0 saturated carbocycles. The predicted molar refractivity (Wildman–Crippen MR) is 124 cm³/mol. The van der Waals surface area contributed by atoms with Crippen LogP contribution in [0.2, 0.25) is 0 Å². The Kier molecular flexibility index (Phi) is 11.4. The van der Waals surface area contributed by atoms with E-state index in [9.17, 15) is 14.7 Å². The molecule has 2 rings (SSSR count). The average Bonchev–Trinajstić information content (AvgIpc) is 3.11. The van der Waals surface area contributed by atoms with E-state index in [-0.39, 0.29) is 24.3 Å². The van der Waals surface area contributed by atoms with Crippen molar-refractivity contribution in [1.29, 1.82) is 0 Å². The topological polar surface area (TPSA) is 77.8 Å². The monoisotopic (exact) mass is 429 g/mol. The van der Waals surface area contributed by atoms with Gasteiger partial charge in [0.25, 0.3) is 0 Å². The number of aryl methyl sites for hydroxylation is 1. The highest BCUT2D eigenvalue weighted by molar-refractivity contribution is 5.79. The first-order chi connectivity index (χ1) is 15.0. The van der Waals surface area contributed by atoms with E-state index >= 15 is 0 Å². The molecule has 1 aliphatic rings. The van der Waals surface area contributed by atoms with Crippen LogP contribution in [0.5, 0.6) is 0 Å². The van der Waals surface area contributed by atoms with Crippen LogP contribution in [0, 0.1) is 5.92 Å². The van der Waals surface area contributed by atoms with Crippen molar-refractivity contribution in [1.82, 2.24) is 4.90 Å². The number of hydrogen-bond donors (Lipinski definition) is 2. The first kappa shape index (κ1) is 25.1. The molecule has 1 unspecified atom stereocenters. The van der Waals surface area contributed by atoms with Crippen molar-refractivity contribution < 1.29 is 19.8 Å². The van der Waals surface area contributed by atoms with Gasteiger partial charge in [0, 0.05) is 19.4 Å². The standard InChI is InChI=1S/C26H39NO4/c1-21(11-8-9-14-22-12-5-4-6-13-22)24(28)18-16-23-17-19-25(29)27(23)20-10-3-2-7-15-26(30)31/h4-6,12-13,16,18,21,23-24,28H,2-3,7-11,14-15,17,19-20H2,1H3,(H,30,31)/t21-,23?,24+/m0/s1. The van der Waals surface area contributed by atoms with Gasteiger partial charge in [-0.25, -0.2) is 0 Å². The molecule has 0 aliphatic carbocycles. The second-order valence-corrected chi connectivity index (χ2v) is 8.84. The summed E-state index contributed by atoms with van der Waals surface area (Å²) in [5, 5.41) is 19.2. The number of aliphatic hydroxyl groups is 1. The number of carboxylic acid groups (broad SMARTS) is 1. The van der Waals surface area contributed by atoms with Crippen molar-refractivity contribution in [3.05, 3.63) is 48.0 Å². The van der Waals surface area contributed by atoms with Gasteiger partial charge in [-0.2, -0.15) is 0 Å². The fourth-order valence-electron chi connectivity index (χ4n) is 4.20. The van der Waals surface area contributed by atoms with E-state index in [1.165, 1.54) is 5.56 Å². The molecule has 5 nitrogen and oxygen atoms in total. The number of rotatable bonds is 15. The SMILES string of the molecule is C[C@@H](CCCCc1ccccc1)[C@H](O)C=CC1CCC(=O)N1CCCCCCC(=O)O. The molecule has 0 spiro atoms. The average molecular weight is 430 g/mol. The van der Waals surface area contributed by atoms with E-state index in [0.717, 1.165) is 51.4 Å². The number of nitrogens with zero attached hydrogens (tertiary/aromatic N) is 1. The van der Waals surface area contributed by atoms with Crippen molar-refractivity contribution in [3.8, 4) is 0 Å². The third-order valence-electron chi connectivity index (χ3n) is 6.25. The number of carboxylic acids is 1. The quantitative estimate of drug-likeness (QED) is 0.304. The van der Waals surface area contributed by atoms with Gasteiger partial charge in [0.1, 0.15) is 0 Å². The zero-order valence-electron chi connectivity index (χ0n) is 18.9. The van der Waals surface area contributed by atoms with Crippen LogP contribution in [-0.4, -0.2) is 45.7 Å². The van der Waals surface area contributed by atoms with Gasteiger partial charge < -0.3 is 15.1 Å². The normalized spacial score (nSPS) is 18.6. The number of aliphatic hydroxyl groups excluding tert-OH is 1. The number of aliphatic carboxylic acids is 1. The molecule has 2 N–H and O–H groups in total. The molecule has 172 valence electrons. The lowest BCUT2D eigenvalue weighted by Gasteiger charge is -2.23. The Morgan fingerprint density at radius 1 is 1.13 bits per heavy atom. The Balaban J connectivity index is 1.66. The van der Waals surface area contributed by atoms with Crippen LogP contribution in [-0.2, 0) is 16.0 Å². The lowest BCUT2D eigenvalue weighted by Crippen LogP contribution is -2.33. The highest BCUT2D eigenvalue weighted by Gasteiger charge is 2.28. The third-order valence-corrected chi connectivity index (χ3v) is 6.25. The van der Waals surface area contributed by atoms with Crippen LogP contribution in [0.4, 0.5) is 0 Å². The van der Waals surface area contributed by atoms with Gasteiger partial charge in [-0.05, 0) is 50.0 Å². The predicted octanol–water partition coefficient (Wildman–Crippen LogP) is 4.98. The minimum absolute atomic E-state index is 0.0754. The van der Waals surface area contributed by atoms with Crippen molar-refractivity contribution >= 4 is 11.9 Å². The summed E-state index contributed by atoms with van der Waals surface area (Å²) in [6.07, 6.45) is 12.7. The number of unbranched alkanes of at least 4 members (excludes halogenated alkanes) is 4. The number of hydrogen-bond acceptors (Lipinski definition) is 3. The van der Waals surface area contributed by atoms with Crippen molar-refractivity contribution in [3.63, 3.8) is 0 Å². The van der Waals surface area contributed by atoms with E-state index in [0.29, 0.717) is 19.4 Å². The van der Waals surface area contributed by atoms with Gasteiger partial charge in [-0.3, -0.25) is 9.59 Å². The van der Waals surface area contributed by atoms with E-state index in [4.69, 9.17) is 5.11 Å². The Morgan fingerprint density at radius 3 is 2.61 bits per heavy atom. The van der Waals surface area contributed by atoms with Gasteiger partial charge in [-0.1, -0.05) is 68.7 Å². The van der Waals surface area contributed by atoms with Crippen molar-refractivity contribution in [2.24, 2.45) is 5.92 Å². The lowest BCUT2D eigenvalue weighted by molar-refractivity contribution is -0.137. The van der Waals surface area contributed by atoms with Gasteiger partial charge >= 0.3 is 5.97 Å². The maximum absolute atomic E-state index is 12.2. The highest BCUT2D eigenvalue weighted by atomic mass is 16.4. The summed E-state index contributed by atoms with van der Waals surface area (Å²) < 4.78 is 0. The molecule has 1 aromatic carbocycles. The summed E-state index contributed by atoms with van der Waals surface area (Å²) in [4.78, 5) is 24.7. The molecule has 31 heavy (non-hydrogen) atoms. The highest BCUT2D eigenvalue weighted by Crippen LogP contribution is 2.22. The first-order valence-electron chi connectivity index (χ1n) is 11.9. The molecular formula is C26H39NO4. The van der Waals surface area contributed by atoms with Crippen LogP contribution in [0.1, 0.15) is 76.7 Å². The zero-order chi connectivity index (χ0) is 22.5. The number of benzene rings is 1. The minimum atomic E-state index is -0.746. The molecule has 3 atom stereocenters.